The second kappa shape index (κ2) is 21.8. The maximum atomic E-state index is 8.52. The number of rotatable bonds is 0. The van der Waals surface area contributed by atoms with E-state index in [1.165, 1.54) is 0 Å². The van der Waals surface area contributed by atoms with Gasteiger partial charge in [0.15, 0.2) is 0 Å². The van der Waals surface area contributed by atoms with E-state index in [0.29, 0.717) is 0 Å². The summed E-state index contributed by atoms with van der Waals surface area (Å²) in [6.07, 6.45) is 0. The van der Waals surface area contributed by atoms with Gasteiger partial charge in [-0.1, -0.05) is 0 Å². The van der Waals surface area contributed by atoms with Crippen LogP contribution in [0, 0.1) is 0 Å². The number of hydrogen-bond donors (Lipinski definition) is 1. The third-order valence-electron chi connectivity index (χ3n) is 0. The Hall–Kier alpha value is 0.746. The molecule has 0 aromatic carbocycles. The molecule has 0 saturated carbocycles. The molecule has 0 heterocycles. The Bertz CT molecular complexity index is 14.4. The van der Waals surface area contributed by atoms with Gasteiger partial charge in [-0.3, -0.25) is 0 Å². The molecular weight excluding hydrogens is 162 g/mol. The normalized spacial score (nSPS) is 3.40. The summed E-state index contributed by atoms with van der Waals surface area (Å²) in [6.45, 7) is 0. The molecule has 0 bridgehead atoms. The Labute approximate surface area is 45.9 Å². The third kappa shape index (κ3) is 64.3. The fourth-order valence-electron chi connectivity index (χ4n) is 0. The molecule has 3 nitrogen and oxygen atoms in total. The van der Waals surface area contributed by atoms with Crippen LogP contribution in [0.1, 0.15) is 0 Å². The predicted octanol–water partition coefficient (Wildman–Crippen LogP) is -1.51. The third-order valence-corrected chi connectivity index (χ3v) is 0. The Balaban J connectivity index is -0.0000000200. The van der Waals surface area contributed by atoms with Gasteiger partial charge >= 0.3 is 23.2 Å². The van der Waals surface area contributed by atoms with Crippen molar-refractivity contribution < 1.29 is 45.5 Å². The minimum absolute atomic E-state index is 0. The molecule has 0 fully saturated rings. The van der Waals surface area contributed by atoms with Gasteiger partial charge in [-0.05, 0) is 0 Å². The van der Waals surface area contributed by atoms with E-state index in [-0.39, 0.29) is 22.3 Å². The molecule has 0 aromatic rings. The quantitative estimate of drug-likeness (QED) is 0.443. The molecule has 0 saturated heterocycles. The summed E-state index contributed by atoms with van der Waals surface area (Å²) < 4.78 is 15.6. The van der Waals surface area contributed by atoms with Crippen LogP contribution < -0.4 is 0 Å². The fourth-order valence-corrected chi connectivity index (χ4v) is 0. The van der Waals surface area contributed by atoms with Crippen LogP contribution in [-0.4, -0.2) is 9.67 Å². The topological polar surface area (TPSA) is 68.8 Å². The van der Waals surface area contributed by atoms with E-state index in [2.05, 4.69) is 0 Å². The summed E-state index contributed by atoms with van der Waals surface area (Å²) in [5, 5.41) is 0. The van der Waals surface area contributed by atoms with Crippen molar-refractivity contribution in [2.24, 2.45) is 0 Å². The van der Waals surface area contributed by atoms with Crippen molar-refractivity contribution in [2.45, 2.75) is 0 Å². The van der Waals surface area contributed by atoms with E-state index in [4.69, 9.17) is 8.02 Å². The fraction of sp³-hybridized carbons (Fsp3) is 0. The molecule has 5 heavy (non-hydrogen) atoms. The summed E-state index contributed by atoms with van der Waals surface area (Å²) >= 11 is -1.19. The van der Waals surface area contributed by atoms with E-state index in [1.54, 1.807) is 0 Å². The Morgan fingerprint density at radius 1 is 1.60 bits per heavy atom. The minimum atomic E-state index is -1.19. The molecule has 37 valence electrons. The van der Waals surface area contributed by atoms with Crippen LogP contribution in [0.5, 0.6) is 0 Å². The monoisotopic (exact) mass is 165 g/mol. The van der Waals surface area contributed by atoms with Crippen molar-refractivity contribution in [1.29, 1.82) is 0 Å². The van der Waals surface area contributed by atoms with Gasteiger partial charge in [0.05, 0.1) is 0 Å². The maximum absolute atomic E-state index is 8.52. The summed E-state index contributed by atoms with van der Waals surface area (Å²) in [5.41, 5.74) is 0. The second-order valence-corrected chi connectivity index (χ2v) is 0.285. The van der Waals surface area contributed by atoms with Gasteiger partial charge in [0.25, 0.3) is 0 Å². The van der Waals surface area contributed by atoms with Gasteiger partial charge in [-0.15, -0.1) is 0 Å². The molecule has 1 radical (unpaired) electrons. The van der Waals surface area contributed by atoms with Gasteiger partial charge < -0.3 is 5.48 Å². The summed E-state index contributed by atoms with van der Waals surface area (Å²) in [4.78, 5) is 0. The predicted molar refractivity (Wildman–Crippen MR) is 6.52 cm³/mol. The molecule has 3 N–H and O–H groups in total. The Morgan fingerprint density at radius 2 is 1.60 bits per heavy atom. The van der Waals surface area contributed by atoms with Crippen LogP contribution in [0.2, 0.25) is 0 Å². The average Bonchev–Trinajstić information content (AvgIpc) is 0.918. The number of hydrogen-bond acceptors (Lipinski definition) is 1. The van der Waals surface area contributed by atoms with Crippen molar-refractivity contribution in [3.8, 4) is 0 Å². The van der Waals surface area contributed by atoms with Crippen molar-refractivity contribution in [3.05, 3.63) is 0 Å². The summed E-state index contributed by atoms with van der Waals surface area (Å²) in [5.74, 6) is 0. The van der Waals surface area contributed by atoms with E-state index < -0.39 is 15.2 Å². The van der Waals surface area contributed by atoms with Gasteiger partial charge in [-0.2, -0.15) is 0 Å². The molecule has 0 unspecified atom stereocenters. The van der Waals surface area contributed by atoms with Crippen molar-refractivity contribution in [2.75, 3.05) is 0 Å². The SMILES string of the molecule is O.[Co].[O]=[Mn][OH]. The van der Waals surface area contributed by atoms with Crippen LogP contribution in [0.3, 0.4) is 0 Å². The van der Waals surface area contributed by atoms with E-state index in [9.17, 15) is 0 Å². The van der Waals surface area contributed by atoms with E-state index in [1.807, 2.05) is 0 Å². The molecule has 0 aliphatic rings. The Kier molecular flexibility index (Phi) is 75.0. The first-order chi connectivity index (χ1) is 1.41. The zero-order valence-corrected chi connectivity index (χ0v) is 4.29. The molecule has 0 aromatic heterocycles. The summed E-state index contributed by atoms with van der Waals surface area (Å²) in [6, 6.07) is 0. The van der Waals surface area contributed by atoms with Gasteiger partial charge in [0.1, 0.15) is 0 Å². The van der Waals surface area contributed by atoms with Crippen LogP contribution in [0.15, 0.2) is 0 Å². The van der Waals surface area contributed by atoms with Crippen LogP contribution in [0.4, 0.5) is 0 Å². The average molecular weight is 165 g/mol. The standard InChI is InChI=1S/Co.Mn.2H2O.O/h;;2*1H2;/q;+1;;;/p-1. The second-order valence-electron chi connectivity index (χ2n) is 0.0690. The zero-order chi connectivity index (χ0) is 2.71. The van der Waals surface area contributed by atoms with Gasteiger partial charge in [-0.25, -0.2) is 0 Å². The Morgan fingerprint density at radius 3 is 1.60 bits per heavy atom. The van der Waals surface area contributed by atoms with E-state index >= 15 is 0 Å². The van der Waals surface area contributed by atoms with Gasteiger partial charge in [0.2, 0.25) is 0 Å². The molecule has 0 spiro atoms. The molecule has 0 aliphatic carbocycles. The molecule has 0 amide bonds. The first-order valence-electron chi connectivity index (χ1n) is 0.323. The van der Waals surface area contributed by atoms with Gasteiger partial charge in [0, 0.05) is 16.8 Å². The van der Waals surface area contributed by atoms with Crippen LogP contribution >= 0.6 is 0 Å². The molecule has 5 heteroatoms. The summed E-state index contributed by atoms with van der Waals surface area (Å²) in [7, 11) is 0. The van der Waals surface area contributed by atoms with Crippen LogP contribution in [-0.2, 0) is 35.8 Å². The first-order valence-corrected chi connectivity index (χ1v) is 1.33. The first kappa shape index (κ1) is 17.2. The van der Waals surface area contributed by atoms with Crippen molar-refractivity contribution in [1.82, 2.24) is 0 Å². The molecule has 0 atom stereocenters. The van der Waals surface area contributed by atoms with Crippen molar-refractivity contribution in [3.63, 3.8) is 0 Å². The van der Waals surface area contributed by atoms with E-state index in [0.717, 1.165) is 0 Å². The van der Waals surface area contributed by atoms with Crippen molar-refractivity contribution >= 4 is 0 Å². The van der Waals surface area contributed by atoms with Crippen LogP contribution in [0.25, 0.3) is 0 Å². The molecular formula is H3CoMnO3. The molecule has 0 rings (SSSR count). The molecule has 0 aliphatic heterocycles. The zero-order valence-electron chi connectivity index (χ0n) is 2.07.